The van der Waals surface area contributed by atoms with E-state index in [-0.39, 0.29) is 48.6 Å². The van der Waals surface area contributed by atoms with Crippen LogP contribution in [0.4, 0.5) is 0 Å². The Morgan fingerprint density at radius 3 is 2.34 bits per heavy atom. The molecular formula is C32H44O6. The molecule has 8 atom stereocenters. The number of aliphatic hydroxyl groups excluding tert-OH is 1. The molecule has 0 aromatic heterocycles. The highest BCUT2D eigenvalue weighted by Gasteiger charge is 2.55. The van der Waals surface area contributed by atoms with Gasteiger partial charge in [0.25, 0.3) is 0 Å². The van der Waals surface area contributed by atoms with Gasteiger partial charge in [-0.15, -0.1) is 0 Å². The second-order valence-corrected chi connectivity index (χ2v) is 10.8. The van der Waals surface area contributed by atoms with Crippen LogP contribution in [0.2, 0.25) is 0 Å². The molecule has 2 heterocycles. The number of methoxy groups -OCH3 is 1. The smallest absolute Gasteiger partial charge is 0.193 e. The van der Waals surface area contributed by atoms with Crippen LogP contribution in [0, 0.1) is 23.7 Å². The van der Waals surface area contributed by atoms with Crippen LogP contribution in [0.3, 0.4) is 0 Å². The molecule has 38 heavy (non-hydrogen) atoms. The van der Waals surface area contributed by atoms with Crippen molar-refractivity contribution in [3.63, 3.8) is 0 Å². The highest BCUT2D eigenvalue weighted by atomic mass is 16.7. The molecule has 0 radical (unpaired) electrons. The molecule has 2 aromatic carbocycles. The van der Waals surface area contributed by atoms with Crippen molar-refractivity contribution < 1.29 is 28.8 Å². The second kappa shape index (κ2) is 13.2. The van der Waals surface area contributed by atoms with E-state index in [4.69, 9.17) is 23.7 Å². The molecule has 4 rings (SSSR count). The fourth-order valence-electron chi connectivity index (χ4n) is 5.82. The monoisotopic (exact) mass is 524 g/mol. The number of hydrogen-bond donors (Lipinski definition) is 1. The first-order valence-corrected chi connectivity index (χ1v) is 13.9. The van der Waals surface area contributed by atoms with Crippen LogP contribution in [0.5, 0.6) is 5.75 Å². The van der Waals surface area contributed by atoms with Gasteiger partial charge in [-0.2, -0.15) is 0 Å². The Kier molecular flexibility index (Phi) is 10.0. The van der Waals surface area contributed by atoms with Crippen molar-refractivity contribution in [1.82, 2.24) is 0 Å². The summed E-state index contributed by atoms with van der Waals surface area (Å²) < 4.78 is 31.4. The van der Waals surface area contributed by atoms with Crippen LogP contribution in [0.1, 0.15) is 45.2 Å². The molecule has 0 aliphatic carbocycles. The average molecular weight is 525 g/mol. The van der Waals surface area contributed by atoms with Crippen LogP contribution in [-0.4, -0.2) is 49.5 Å². The Morgan fingerprint density at radius 2 is 1.68 bits per heavy atom. The van der Waals surface area contributed by atoms with Crippen molar-refractivity contribution in [2.24, 2.45) is 23.7 Å². The molecule has 6 nitrogen and oxygen atoms in total. The van der Waals surface area contributed by atoms with E-state index < -0.39 is 5.79 Å². The fraction of sp³-hybridized carbons (Fsp3) is 0.562. The van der Waals surface area contributed by atoms with Crippen molar-refractivity contribution in [3.05, 3.63) is 77.9 Å². The Bertz CT molecular complexity index is 1010. The first-order valence-electron chi connectivity index (χ1n) is 13.9. The maximum Gasteiger partial charge on any atom is 0.193 e. The molecule has 2 aromatic rings. The molecule has 2 aliphatic rings. The van der Waals surface area contributed by atoms with Crippen molar-refractivity contribution in [1.29, 1.82) is 0 Å². The molecule has 1 N–H and O–H groups in total. The van der Waals surface area contributed by atoms with E-state index in [0.717, 1.165) is 23.3 Å². The van der Waals surface area contributed by atoms with Crippen LogP contribution in [-0.2, 0) is 32.2 Å². The molecule has 2 aliphatic heterocycles. The molecule has 0 saturated carbocycles. The van der Waals surface area contributed by atoms with Gasteiger partial charge >= 0.3 is 0 Å². The average Bonchev–Trinajstić information content (AvgIpc) is 2.95. The Hall–Kier alpha value is -2.22. The number of hydrogen-bond acceptors (Lipinski definition) is 6. The van der Waals surface area contributed by atoms with E-state index in [1.807, 2.05) is 42.5 Å². The van der Waals surface area contributed by atoms with Crippen LogP contribution in [0.15, 0.2) is 66.7 Å². The maximum atomic E-state index is 10.1. The van der Waals surface area contributed by atoms with Crippen molar-refractivity contribution >= 4 is 0 Å². The van der Waals surface area contributed by atoms with E-state index in [1.54, 1.807) is 7.11 Å². The lowest BCUT2D eigenvalue weighted by molar-refractivity contribution is -0.346. The third-order valence-electron chi connectivity index (χ3n) is 8.18. The van der Waals surface area contributed by atoms with Gasteiger partial charge in [0.2, 0.25) is 0 Å². The largest absolute Gasteiger partial charge is 0.497 e. The summed E-state index contributed by atoms with van der Waals surface area (Å²) >= 11 is 0. The standard InChI is InChI=1S/C32H44O6/c1-6-27-16-17-32(37-29(27)18-33)24(4)31(36-21-25-10-8-7-9-11-25)23(3)30(38-32)22(2)19-35-20-26-12-14-28(34-5)15-13-26/h7-17,22-24,27,29-31,33H,6,18-21H2,1-5H3/t22-,23+,24-,27-,29+,30-,31+,32+/m0/s1. The first-order chi connectivity index (χ1) is 18.4. The number of benzene rings is 2. The predicted molar refractivity (Wildman–Crippen MR) is 148 cm³/mol. The van der Waals surface area contributed by atoms with Gasteiger partial charge in [-0.25, -0.2) is 0 Å². The number of aliphatic hydroxyl groups is 1. The Morgan fingerprint density at radius 1 is 0.974 bits per heavy atom. The summed E-state index contributed by atoms with van der Waals surface area (Å²) in [5, 5.41) is 10.1. The molecule has 0 unspecified atom stereocenters. The quantitative estimate of drug-likeness (QED) is 0.376. The Labute approximate surface area is 227 Å². The SMILES string of the molecule is CC[C@H]1C=C[C@]2(O[C@@H]([C@@H](C)COCc3ccc(OC)cc3)[C@@H](C)[C@@H](OCc3ccccc3)[C@@H]2C)O[C@@H]1CO. The molecular weight excluding hydrogens is 480 g/mol. The lowest BCUT2D eigenvalue weighted by Gasteiger charge is -2.54. The molecule has 0 amide bonds. The molecule has 0 bridgehead atoms. The highest BCUT2D eigenvalue weighted by molar-refractivity contribution is 5.26. The van der Waals surface area contributed by atoms with E-state index in [2.05, 4.69) is 52.0 Å². The highest BCUT2D eigenvalue weighted by Crippen LogP contribution is 2.46. The topological polar surface area (TPSA) is 66.4 Å². The summed E-state index contributed by atoms with van der Waals surface area (Å²) in [5.41, 5.74) is 2.24. The summed E-state index contributed by atoms with van der Waals surface area (Å²) in [4.78, 5) is 0. The maximum absolute atomic E-state index is 10.1. The summed E-state index contributed by atoms with van der Waals surface area (Å²) in [6.45, 7) is 10.2. The predicted octanol–water partition coefficient (Wildman–Crippen LogP) is 5.77. The number of rotatable bonds is 11. The van der Waals surface area contributed by atoms with E-state index in [0.29, 0.717) is 19.8 Å². The van der Waals surface area contributed by atoms with Crippen LogP contribution < -0.4 is 4.74 Å². The zero-order valence-corrected chi connectivity index (χ0v) is 23.4. The minimum Gasteiger partial charge on any atom is -0.497 e. The van der Waals surface area contributed by atoms with Gasteiger partial charge in [0.05, 0.1) is 51.8 Å². The lowest BCUT2D eigenvalue weighted by Crippen LogP contribution is -2.62. The van der Waals surface area contributed by atoms with Crippen LogP contribution in [0.25, 0.3) is 0 Å². The van der Waals surface area contributed by atoms with Crippen molar-refractivity contribution in [3.8, 4) is 5.75 Å². The van der Waals surface area contributed by atoms with Crippen LogP contribution >= 0.6 is 0 Å². The lowest BCUT2D eigenvalue weighted by atomic mass is 9.76. The molecule has 1 fully saturated rings. The van der Waals surface area contributed by atoms with Crippen molar-refractivity contribution in [2.45, 2.75) is 71.4 Å². The first kappa shape index (κ1) is 28.8. The van der Waals surface area contributed by atoms with E-state index in [9.17, 15) is 5.11 Å². The zero-order valence-electron chi connectivity index (χ0n) is 23.4. The van der Waals surface area contributed by atoms with E-state index >= 15 is 0 Å². The Balaban J connectivity index is 1.50. The minimum absolute atomic E-state index is 0.0447. The normalized spacial score (nSPS) is 31.8. The second-order valence-electron chi connectivity index (χ2n) is 10.8. The van der Waals surface area contributed by atoms with Gasteiger partial charge in [0, 0.05) is 23.7 Å². The third-order valence-corrected chi connectivity index (χ3v) is 8.18. The van der Waals surface area contributed by atoms with Gasteiger partial charge in [-0.05, 0) is 35.8 Å². The van der Waals surface area contributed by atoms with E-state index in [1.165, 1.54) is 0 Å². The zero-order chi connectivity index (χ0) is 27.1. The van der Waals surface area contributed by atoms with Gasteiger partial charge in [0.15, 0.2) is 5.79 Å². The van der Waals surface area contributed by atoms with Gasteiger partial charge < -0.3 is 28.8 Å². The van der Waals surface area contributed by atoms with Gasteiger partial charge in [-0.3, -0.25) is 0 Å². The molecule has 1 saturated heterocycles. The summed E-state index contributed by atoms with van der Waals surface area (Å²) in [6.07, 6.45) is 4.58. The molecule has 1 spiro atoms. The van der Waals surface area contributed by atoms with Gasteiger partial charge in [0.1, 0.15) is 5.75 Å². The minimum atomic E-state index is -0.957. The molecule has 6 heteroatoms. The summed E-state index contributed by atoms with van der Waals surface area (Å²) in [7, 11) is 1.67. The third kappa shape index (κ3) is 6.49. The fourth-order valence-corrected chi connectivity index (χ4v) is 5.82. The summed E-state index contributed by atoms with van der Waals surface area (Å²) in [6, 6.07) is 18.2. The summed E-state index contributed by atoms with van der Waals surface area (Å²) in [5.74, 6) is 0.194. The number of ether oxygens (including phenoxy) is 5. The van der Waals surface area contributed by atoms with Gasteiger partial charge in [-0.1, -0.05) is 76.2 Å². The molecule has 208 valence electrons. The van der Waals surface area contributed by atoms with Crippen molar-refractivity contribution in [2.75, 3.05) is 20.3 Å².